The molecule has 0 unspecified atom stereocenters. The van der Waals surface area contributed by atoms with Crippen LogP contribution in [-0.2, 0) is 6.54 Å². The molecule has 1 aromatic carbocycles. The molecule has 8 nitrogen and oxygen atoms in total. The maximum Gasteiger partial charge on any atom is 0.253 e. The Morgan fingerprint density at radius 2 is 1.82 bits per heavy atom. The van der Waals surface area contributed by atoms with Gasteiger partial charge in [0.15, 0.2) is 0 Å². The minimum Gasteiger partial charge on any atom is -0.388 e. The first-order chi connectivity index (χ1) is 18.8. The maximum atomic E-state index is 13.5. The first-order valence-corrected chi connectivity index (χ1v) is 14.6. The van der Waals surface area contributed by atoms with Crippen LogP contribution >= 0.6 is 0 Å². The second kappa shape index (κ2) is 12.8. The van der Waals surface area contributed by atoms with Gasteiger partial charge < -0.3 is 30.8 Å². The van der Waals surface area contributed by atoms with Crippen LogP contribution in [0.15, 0.2) is 16.9 Å². The van der Waals surface area contributed by atoms with Crippen LogP contribution in [0.3, 0.4) is 0 Å². The number of carbonyl (C=O) groups is 1. The fourth-order valence-corrected chi connectivity index (χ4v) is 6.73. The maximum absolute atomic E-state index is 13.5. The van der Waals surface area contributed by atoms with Crippen LogP contribution in [0.1, 0.15) is 90.2 Å². The molecule has 2 aliphatic rings. The summed E-state index contributed by atoms with van der Waals surface area (Å²) in [4.78, 5) is 34.0. The SMILES string of the molecule is CCN(c1c(C)c(C(=O)NCc2c(C)cc(C)[nH]c2=O)cc(NC)c1C=N)C1CCC(N2CCCCC2)CC1. The molecule has 4 rings (SSSR count). The molecule has 2 aromatic rings. The summed E-state index contributed by atoms with van der Waals surface area (Å²) < 4.78 is 0. The number of H-pyrrole nitrogens is 1. The van der Waals surface area contributed by atoms with Gasteiger partial charge in [-0.3, -0.25) is 9.59 Å². The van der Waals surface area contributed by atoms with Crippen LogP contribution in [-0.4, -0.2) is 60.8 Å². The lowest BCUT2D eigenvalue weighted by Gasteiger charge is -2.43. The molecule has 1 aliphatic carbocycles. The molecular formula is C31H46N6O2. The Labute approximate surface area is 233 Å². The lowest BCUT2D eigenvalue weighted by atomic mass is 9.87. The molecule has 212 valence electrons. The van der Waals surface area contributed by atoms with E-state index in [0.29, 0.717) is 23.2 Å². The van der Waals surface area contributed by atoms with Crippen molar-refractivity contribution in [2.45, 2.75) is 91.3 Å². The van der Waals surface area contributed by atoms with Gasteiger partial charge in [0.25, 0.3) is 11.5 Å². The number of anilines is 2. The second-order valence-corrected chi connectivity index (χ2v) is 11.2. The van der Waals surface area contributed by atoms with E-state index >= 15 is 0 Å². The van der Waals surface area contributed by atoms with Gasteiger partial charge in [-0.15, -0.1) is 0 Å². The number of aromatic nitrogens is 1. The Bertz CT molecular complexity index is 1240. The molecule has 1 aliphatic heterocycles. The predicted molar refractivity (Wildman–Crippen MR) is 161 cm³/mol. The normalized spacial score (nSPS) is 19.9. The number of benzene rings is 1. The molecule has 2 fully saturated rings. The number of aromatic amines is 1. The van der Waals surface area contributed by atoms with Gasteiger partial charge >= 0.3 is 0 Å². The minimum absolute atomic E-state index is 0.161. The Balaban J connectivity index is 1.59. The first kappa shape index (κ1) is 28.9. The number of hydrogen-bond acceptors (Lipinski definition) is 6. The zero-order chi connectivity index (χ0) is 28.1. The highest BCUT2D eigenvalue weighted by Gasteiger charge is 2.32. The van der Waals surface area contributed by atoms with Crippen molar-refractivity contribution < 1.29 is 4.79 Å². The predicted octanol–water partition coefficient (Wildman–Crippen LogP) is 4.89. The summed E-state index contributed by atoms with van der Waals surface area (Å²) in [5, 5.41) is 14.5. The van der Waals surface area contributed by atoms with Crippen molar-refractivity contribution in [3.05, 3.63) is 56.0 Å². The molecule has 1 saturated carbocycles. The number of hydrogen-bond donors (Lipinski definition) is 4. The van der Waals surface area contributed by atoms with E-state index in [1.54, 1.807) is 0 Å². The number of piperidine rings is 1. The molecule has 0 spiro atoms. The smallest absolute Gasteiger partial charge is 0.253 e. The second-order valence-electron chi connectivity index (χ2n) is 11.2. The van der Waals surface area contributed by atoms with Crippen LogP contribution in [0.25, 0.3) is 0 Å². The number of rotatable bonds is 9. The standard InChI is InChI=1S/C31H46N6O2/c1-6-37(24-12-10-23(11-13-24)36-14-8-7-9-15-36)29-22(4)25(17-28(33-5)26(29)18-32)30(38)34-19-27-20(2)16-21(3)35-31(27)39/h16-18,23-24,32-33H,6-15,19H2,1-5H3,(H,34,38)(H,35,39). The summed E-state index contributed by atoms with van der Waals surface area (Å²) in [7, 11) is 1.83. The van der Waals surface area contributed by atoms with Gasteiger partial charge in [-0.2, -0.15) is 0 Å². The number of carbonyl (C=O) groups excluding carboxylic acids is 1. The summed E-state index contributed by atoms with van der Waals surface area (Å²) in [5.74, 6) is -0.217. The van der Waals surface area contributed by atoms with Gasteiger partial charge in [0.05, 0.1) is 5.69 Å². The van der Waals surface area contributed by atoms with E-state index in [9.17, 15) is 9.59 Å². The monoisotopic (exact) mass is 534 g/mol. The van der Waals surface area contributed by atoms with Gasteiger partial charge in [0, 0.05) is 66.5 Å². The lowest BCUT2D eigenvalue weighted by molar-refractivity contribution is 0.0950. The van der Waals surface area contributed by atoms with Gasteiger partial charge in [-0.1, -0.05) is 6.42 Å². The highest BCUT2D eigenvalue weighted by atomic mass is 16.1. The van der Waals surface area contributed by atoms with Crippen LogP contribution in [0.4, 0.5) is 11.4 Å². The van der Waals surface area contributed by atoms with E-state index in [1.165, 1.54) is 51.4 Å². The van der Waals surface area contributed by atoms with E-state index in [1.807, 2.05) is 40.0 Å². The third kappa shape index (κ3) is 6.21. The largest absolute Gasteiger partial charge is 0.388 e. The van der Waals surface area contributed by atoms with E-state index in [0.717, 1.165) is 53.1 Å². The summed E-state index contributed by atoms with van der Waals surface area (Å²) >= 11 is 0. The van der Waals surface area contributed by atoms with Crippen molar-refractivity contribution in [2.75, 3.05) is 36.9 Å². The van der Waals surface area contributed by atoms with Crippen LogP contribution < -0.4 is 21.1 Å². The minimum atomic E-state index is -0.217. The van der Waals surface area contributed by atoms with E-state index in [2.05, 4.69) is 32.3 Å². The van der Waals surface area contributed by atoms with Gasteiger partial charge in [0.1, 0.15) is 0 Å². The topological polar surface area (TPSA) is 104 Å². The molecular weight excluding hydrogens is 488 g/mol. The fraction of sp³-hybridized carbons (Fsp3) is 0.581. The number of likely N-dealkylation sites (tertiary alicyclic amines) is 1. The Kier molecular flexibility index (Phi) is 9.49. The van der Waals surface area contributed by atoms with Crippen molar-refractivity contribution in [2.24, 2.45) is 0 Å². The van der Waals surface area contributed by atoms with Crippen LogP contribution in [0.5, 0.6) is 0 Å². The summed E-state index contributed by atoms with van der Waals surface area (Å²) in [6.45, 7) is 11.3. The number of nitrogens with one attached hydrogen (secondary N) is 4. The summed E-state index contributed by atoms with van der Waals surface area (Å²) in [5.41, 5.74) is 6.06. The lowest BCUT2D eigenvalue weighted by Crippen LogP contribution is -2.46. The molecule has 1 amide bonds. The summed E-state index contributed by atoms with van der Waals surface area (Å²) in [6, 6.07) is 4.82. The zero-order valence-electron chi connectivity index (χ0n) is 24.4. The Morgan fingerprint density at radius 1 is 1.13 bits per heavy atom. The van der Waals surface area contributed by atoms with Crippen molar-refractivity contribution in [1.29, 1.82) is 5.41 Å². The number of aryl methyl sites for hydroxylation is 2. The number of pyridine rings is 1. The third-order valence-electron chi connectivity index (χ3n) is 8.81. The van der Waals surface area contributed by atoms with Gasteiger partial charge in [-0.25, -0.2) is 0 Å². The average Bonchev–Trinajstić information content (AvgIpc) is 2.94. The van der Waals surface area contributed by atoms with Crippen molar-refractivity contribution in [3.8, 4) is 0 Å². The molecule has 0 radical (unpaired) electrons. The molecule has 0 bridgehead atoms. The molecule has 2 heterocycles. The average molecular weight is 535 g/mol. The molecule has 0 atom stereocenters. The van der Waals surface area contributed by atoms with Crippen LogP contribution in [0, 0.1) is 26.2 Å². The first-order valence-electron chi connectivity index (χ1n) is 14.6. The van der Waals surface area contributed by atoms with E-state index < -0.39 is 0 Å². The van der Waals surface area contributed by atoms with Crippen molar-refractivity contribution in [1.82, 2.24) is 15.2 Å². The van der Waals surface area contributed by atoms with Gasteiger partial charge in [-0.05, 0) is 103 Å². The highest BCUT2D eigenvalue weighted by molar-refractivity contribution is 6.03. The Morgan fingerprint density at radius 3 is 2.41 bits per heavy atom. The van der Waals surface area contributed by atoms with Crippen molar-refractivity contribution in [3.63, 3.8) is 0 Å². The summed E-state index contributed by atoms with van der Waals surface area (Å²) in [6.07, 6.45) is 10.0. The van der Waals surface area contributed by atoms with Crippen LogP contribution in [0.2, 0.25) is 0 Å². The molecule has 1 aromatic heterocycles. The molecule has 39 heavy (non-hydrogen) atoms. The highest BCUT2D eigenvalue weighted by Crippen LogP contribution is 2.38. The number of amides is 1. The number of nitrogens with zero attached hydrogens (tertiary/aromatic N) is 2. The molecule has 8 heteroatoms. The quantitative estimate of drug-likeness (QED) is 0.343. The van der Waals surface area contributed by atoms with Crippen molar-refractivity contribution >= 4 is 23.5 Å². The fourth-order valence-electron chi connectivity index (χ4n) is 6.73. The molecule has 4 N–H and O–H groups in total. The zero-order valence-corrected chi connectivity index (χ0v) is 24.4. The molecule has 1 saturated heterocycles. The van der Waals surface area contributed by atoms with E-state index in [-0.39, 0.29) is 18.0 Å². The Hall–Kier alpha value is -3.13. The third-order valence-corrected chi connectivity index (χ3v) is 8.81. The van der Waals surface area contributed by atoms with E-state index in [4.69, 9.17) is 5.41 Å². The van der Waals surface area contributed by atoms with Gasteiger partial charge in [0.2, 0.25) is 0 Å².